The quantitative estimate of drug-likeness (QED) is 0.247. The van der Waals surface area contributed by atoms with Gasteiger partial charge < -0.3 is 21.7 Å². The number of rotatable bonds is 1. The van der Waals surface area contributed by atoms with E-state index in [0.29, 0.717) is 15.7 Å². The molecule has 9 heteroatoms. The molecule has 5 unspecified atom stereocenters. The Kier molecular flexibility index (Phi) is 7.69. The van der Waals surface area contributed by atoms with Crippen molar-refractivity contribution in [2.45, 2.75) is 22.2 Å². The zero-order chi connectivity index (χ0) is 15.8. The third-order valence-corrected chi connectivity index (χ3v) is 7.68. The van der Waals surface area contributed by atoms with Crippen molar-refractivity contribution >= 4 is 67.7 Å². The van der Waals surface area contributed by atoms with Gasteiger partial charge in [0, 0.05) is 40.4 Å². The fourth-order valence-electron chi connectivity index (χ4n) is 3.87. The zero-order valence-electron chi connectivity index (χ0n) is 12.1. The summed E-state index contributed by atoms with van der Waals surface area (Å²) in [6.07, 6.45) is 4.19. The second-order valence-electron chi connectivity index (χ2n) is 5.69. The zero-order valence-corrected chi connectivity index (χ0v) is 19.3. The minimum Gasteiger partial charge on any atom is -1.00 e. The summed E-state index contributed by atoms with van der Waals surface area (Å²) >= 11 is 10.9. The van der Waals surface area contributed by atoms with E-state index in [-0.39, 0.29) is 40.7 Å². The predicted octanol–water partition coefficient (Wildman–Crippen LogP) is 0.0352. The summed E-state index contributed by atoms with van der Waals surface area (Å²) < 4.78 is 5.56. The molecular formula is C13H17Br4NO3S. The highest BCUT2D eigenvalue weighted by Gasteiger charge is 2.70. The summed E-state index contributed by atoms with van der Waals surface area (Å²) in [5.74, 6) is 0.669. The number of halogens is 4. The average molecular weight is 587 g/mol. The molecule has 3 aliphatic heterocycles. The molecule has 3 heterocycles. The maximum Gasteiger partial charge on any atom is 0.315 e. The van der Waals surface area contributed by atoms with E-state index >= 15 is 0 Å². The highest BCUT2D eigenvalue weighted by atomic mass is 80.9. The number of ketones is 1. The lowest BCUT2D eigenvalue weighted by Crippen LogP contribution is -3.00. The van der Waals surface area contributed by atoms with Crippen LogP contribution in [0.1, 0.15) is 6.42 Å². The summed E-state index contributed by atoms with van der Waals surface area (Å²) in [7, 11) is 3.53. The van der Waals surface area contributed by atoms with Gasteiger partial charge in [-0.2, -0.15) is 0 Å². The van der Waals surface area contributed by atoms with Crippen LogP contribution in [0.3, 0.4) is 0 Å². The maximum absolute atomic E-state index is 12.5. The van der Waals surface area contributed by atoms with Crippen LogP contribution in [0.4, 0.5) is 0 Å². The van der Waals surface area contributed by atoms with Gasteiger partial charge in [-0.15, -0.1) is 0 Å². The first-order valence-electron chi connectivity index (χ1n) is 6.53. The smallest absolute Gasteiger partial charge is 0.315 e. The number of thioether (sulfide) groups is 1. The molecular weight excluding hydrogens is 570 g/mol. The fourth-order valence-corrected chi connectivity index (χ4v) is 6.43. The highest BCUT2D eigenvalue weighted by molar-refractivity contribution is 9.93. The van der Waals surface area contributed by atoms with Crippen LogP contribution in [0.5, 0.6) is 0 Å². The molecule has 0 aliphatic carbocycles. The van der Waals surface area contributed by atoms with Crippen LogP contribution in [0.15, 0.2) is 12.2 Å². The summed E-state index contributed by atoms with van der Waals surface area (Å²) in [6, 6.07) is 0.0537. The lowest BCUT2D eigenvalue weighted by Gasteiger charge is -2.52. The predicted molar refractivity (Wildman–Crippen MR) is 94.9 cm³/mol. The largest absolute Gasteiger partial charge is 1.00 e. The van der Waals surface area contributed by atoms with Gasteiger partial charge >= 0.3 is 5.97 Å². The number of carbonyl (C=O) groups excluding carboxylic acids is 2. The van der Waals surface area contributed by atoms with Crippen molar-refractivity contribution in [2.75, 3.05) is 26.5 Å². The van der Waals surface area contributed by atoms with Gasteiger partial charge in [0.15, 0.2) is 0 Å². The number of hydrogen-bond acceptors (Lipinski definition) is 4. The fraction of sp³-hybridized carbons (Fsp3) is 0.692. The molecule has 3 aliphatic rings. The summed E-state index contributed by atoms with van der Waals surface area (Å²) in [6.45, 7) is 0.876. The van der Waals surface area contributed by atoms with Crippen molar-refractivity contribution in [2.24, 2.45) is 5.92 Å². The first kappa shape index (κ1) is 21.2. The van der Waals surface area contributed by atoms with E-state index in [1.165, 1.54) is 7.11 Å². The van der Waals surface area contributed by atoms with E-state index in [1.54, 1.807) is 17.8 Å². The van der Waals surface area contributed by atoms with Gasteiger partial charge in [-0.1, -0.05) is 27.7 Å². The molecule has 0 radical (unpaired) electrons. The second kappa shape index (κ2) is 7.99. The van der Waals surface area contributed by atoms with Crippen LogP contribution in [0.25, 0.3) is 0 Å². The van der Waals surface area contributed by atoms with Crippen LogP contribution in [-0.4, -0.2) is 58.4 Å². The number of hydrogen-bond donors (Lipinski definition) is 0. The van der Waals surface area contributed by atoms with Gasteiger partial charge in [0.25, 0.3) is 0 Å². The van der Waals surface area contributed by atoms with Crippen LogP contribution < -0.4 is 17.0 Å². The molecule has 2 bridgehead atoms. The molecule has 0 saturated carbocycles. The third-order valence-electron chi connectivity index (χ3n) is 4.81. The topological polar surface area (TPSA) is 43.4 Å². The number of alkyl halides is 1. The molecule has 3 rings (SSSR count). The molecule has 0 N–H and O–H groups in total. The van der Waals surface area contributed by atoms with Crippen LogP contribution in [0.2, 0.25) is 0 Å². The van der Waals surface area contributed by atoms with Crippen LogP contribution >= 0.6 is 55.9 Å². The van der Waals surface area contributed by atoms with E-state index in [1.807, 2.05) is 6.08 Å². The Labute approximate surface area is 169 Å². The summed E-state index contributed by atoms with van der Waals surface area (Å²) in [5, 5.41) is 0. The van der Waals surface area contributed by atoms with Crippen molar-refractivity contribution in [3.05, 3.63) is 12.2 Å². The number of nitrogens with zero attached hydrogens (tertiary/aromatic N) is 1. The number of esters is 1. The number of methoxy groups -OCH3 is 1. The standard InChI is InChI=1S/C13H17BrNO3S.Br2.BrH/c1-15-6-8(14)7-19-13(15)5-9(12(17)18-2)10(15)3-4-11(13)16;1-2;/h3-4,8-10H,5-7H2,1-2H3;;1H/q+1;;/p-1. The van der Waals surface area contributed by atoms with Crippen LogP contribution in [-0.2, 0) is 14.3 Å². The Hall–Kier alpha value is 1.11. The Morgan fingerprint density at radius 2 is 2.14 bits per heavy atom. The van der Waals surface area contributed by atoms with Gasteiger partial charge in [-0.05, 0) is 12.2 Å². The molecule has 0 aromatic heterocycles. The molecule has 0 aromatic rings. The molecule has 0 aromatic carbocycles. The van der Waals surface area contributed by atoms with Crippen molar-refractivity contribution in [1.82, 2.24) is 0 Å². The molecule has 2 fully saturated rings. The maximum atomic E-state index is 12.5. The highest BCUT2D eigenvalue weighted by Crippen LogP contribution is 2.56. The van der Waals surface area contributed by atoms with Gasteiger partial charge in [0.1, 0.15) is 12.0 Å². The first-order chi connectivity index (χ1) is 9.94. The Morgan fingerprint density at radius 1 is 1.50 bits per heavy atom. The lowest BCUT2D eigenvalue weighted by molar-refractivity contribution is -0.939. The van der Waals surface area contributed by atoms with E-state index in [0.717, 1.165) is 12.3 Å². The lowest BCUT2D eigenvalue weighted by atomic mass is 10.00. The van der Waals surface area contributed by atoms with Crippen LogP contribution in [0, 0.1) is 5.92 Å². The minimum atomic E-state index is -0.484. The monoisotopic (exact) mass is 583 g/mol. The van der Waals surface area contributed by atoms with E-state index < -0.39 is 4.87 Å². The van der Waals surface area contributed by atoms with Gasteiger partial charge in [-0.3, -0.25) is 14.1 Å². The molecule has 2 saturated heterocycles. The molecule has 126 valence electrons. The van der Waals surface area contributed by atoms with Crippen molar-refractivity contribution < 1.29 is 35.8 Å². The number of ether oxygens (including phenoxy) is 1. The summed E-state index contributed by atoms with van der Waals surface area (Å²) in [5.41, 5.74) is 0. The molecule has 22 heavy (non-hydrogen) atoms. The molecule has 4 nitrogen and oxygen atoms in total. The number of carbonyl (C=O) groups is 2. The Balaban J connectivity index is 0.000000775. The Morgan fingerprint density at radius 3 is 2.73 bits per heavy atom. The summed E-state index contributed by atoms with van der Waals surface area (Å²) in [4.78, 5) is 24.4. The van der Waals surface area contributed by atoms with Crippen molar-refractivity contribution in [3.8, 4) is 0 Å². The van der Waals surface area contributed by atoms with Gasteiger partial charge in [0.05, 0.1) is 25.5 Å². The SMILES string of the molecule is BrBr.COC(=O)C1CC23SCC(Br)C[N+]2(C)C1C=CC3=O.[Br-]. The van der Waals surface area contributed by atoms with E-state index in [4.69, 9.17) is 4.74 Å². The molecule has 0 spiro atoms. The van der Waals surface area contributed by atoms with Gasteiger partial charge in [-0.25, -0.2) is 0 Å². The normalized spacial score (nSPS) is 41.7. The minimum absolute atomic E-state index is 0. The van der Waals surface area contributed by atoms with Gasteiger partial charge in [0.2, 0.25) is 10.7 Å². The average Bonchev–Trinajstić information content (AvgIpc) is 2.63. The third kappa shape index (κ3) is 3.03. The molecule has 0 amide bonds. The molecule has 5 atom stereocenters. The van der Waals surface area contributed by atoms with Crippen molar-refractivity contribution in [3.63, 3.8) is 0 Å². The number of quaternary nitrogens is 1. The Bertz CT molecular complexity index is 492. The first-order valence-corrected chi connectivity index (χ1v) is 12.1. The van der Waals surface area contributed by atoms with E-state index in [2.05, 4.69) is 51.2 Å². The van der Waals surface area contributed by atoms with Crippen molar-refractivity contribution in [1.29, 1.82) is 0 Å². The van der Waals surface area contributed by atoms with E-state index in [9.17, 15) is 9.59 Å². The number of likely N-dealkylation sites (N-methyl/N-ethyl adjacent to an activating group) is 1. The second-order valence-corrected chi connectivity index (χ2v) is 8.28.